The molecule has 12 nitrogen and oxygen atoms in total. The van der Waals surface area contributed by atoms with Gasteiger partial charge in [0.25, 0.3) is 0 Å². The van der Waals surface area contributed by atoms with Crippen LogP contribution < -0.4 is 22.1 Å². The van der Waals surface area contributed by atoms with Crippen LogP contribution in [0.1, 0.15) is 60.9 Å². The van der Waals surface area contributed by atoms with Crippen molar-refractivity contribution < 1.29 is 19.2 Å². The number of amides is 3. The molecular formula is C43H49ClN8O4S. The highest BCUT2D eigenvalue weighted by atomic mass is 35.5. The Kier molecular flexibility index (Phi) is 14.1. The number of aryl methyl sites for hydroxylation is 1. The lowest BCUT2D eigenvalue weighted by Gasteiger charge is -2.31. The highest BCUT2D eigenvalue weighted by Gasteiger charge is 2.34. The summed E-state index contributed by atoms with van der Waals surface area (Å²) in [5.74, 6) is -2.15. The van der Waals surface area contributed by atoms with E-state index in [0.717, 1.165) is 44.4 Å². The minimum Gasteiger partial charge on any atom is -0.370 e. The molecule has 2 aromatic carbocycles. The number of nitrogens with zero attached hydrogens (tertiary/aromatic N) is 3. The van der Waals surface area contributed by atoms with E-state index in [9.17, 15) is 19.2 Å². The third-order valence-electron chi connectivity index (χ3n) is 10.5. The van der Waals surface area contributed by atoms with Crippen molar-refractivity contribution in [2.45, 2.75) is 87.0 Å². The van der Waals surface area contributed by atoms with Crippen LogP contribution in [0.5, 0.6) is 0 Å². The molecule has 1 aliphatic rings. The number of rotatable bonds is 10. The van der Waals surface area contributed by atoms with E-state index in [4.69, 9.17) is 28.1 Å². The van der Waals surface area contributed by atoms with Gasteiger partial charge in [0.05, 0.1) is 11.1 Å². The normalized spacial score (nSPS) is 18.5. The summed E-state index contributed by atoms with van der Waals surface area (Å²) < 4.78 is 0. The van der Waals surface area contributed by atoms with Gasteiger partial charge in [0.1, 0.15) is 11.1 Å². The van der Waals surface area contributed by atoms with E-state index in [-0.39, 0.29) is 56.4 Å². The Morgan fingerprint density at radius 3 is 2.58 bits per heavy atom. The lowest BCUT2D eigenvalue weighted by Crippen LogP contribution is -2.51. The largest absolute Gasteiger partial charge is 0.370 e. The van der Waals surface area contributed by atoms with Crippen molar-refractivity contribution in [2.24, 2.45) is 17.4 Å². The molecule has 3 amide bonds. The number of hydrogen-bond acceptors (Lipinski definition) is 9. The highest BCUT2D eigenvalue weighted by Crippen LogP contribution is 2.40. The van der Waals surface area contributed by atoms with Gasteiger partial charge >= 0.3 is 0 Å². The smallest absolute Gasteiger partial charge is 0.243 e. The van der Waals surface area contributed by atoms with Gasteiger partial charge in [0.2, 0.25) is 17.7 Å². The van der Waals surface area contributed by atoms with Crippen molar-refractivity contribution in [1.82, 2.24) is 30.5 Å². The van der Waals surface area contributed by atoms with Crippen LogP contribution in [-0.4, -0.2) is 69.0 Å². The molecule has 1 aliphatic heterocycles. The van der Waals surface area contributed by atoms with Gasteiger partial charge in [-0.25, -0.2) is 4.98 Å². The van der Waals surface area contributed by atoms with Crippen molar-refractivity contribution in [3.8, 4) is 11.1 Å². The van der Waals surface area contributed by atoms with Crippen molar-refractivity contribution in [1.29, 1.82) is 0 Å². The summed E-state index contributed by atoms with van der Waals surface area (Å²) in [5, 5.41) is 8.59. The summed E-state index contributed by atoms with van der Waals surface area (Å²) in [7, 11) is 1.63. The first-order valence-electron chi connectivity index (χ1n) is 19.2. The molecule has 0 saturated carbocycles. The van der Waals surface area contributed by atoms with Crippen molar-refractivity contribution >= 4 is 57.8 Å². The quantitative estimate of drug-likeness (QED) is 0.108. The standard InChI is InChI=1S/C43H49ClN8O4S/c1-26-18-27(14-17-47-26)30-19-32-25-51-41(55)37(21-31-24-49-35-11-4-3-10-33(31)35)52(2)43(56)28(8-5-6-15-45)22-38(53)36(12-13-39(46)54)50-23-29-9-7-16-48-42(29)57-40(32)34(44)20-30/h3-4,7,9-11,14,16-20,24,28,36-37,49-50H,5-6,8,12-13,15,21-23,25,45H2,1-2H3,(H2,46,54)(H,51,55)/t28-,36+,37+/m1/s1. The summed E-state index contributed by atoms with van der Waals surface area (Å²) in [6, 6.07) is 17.6. The zero-order chi connectivity index (χ0) is 40.5. The Balaban J connectivity index is 1.45. The predicted octanol–water partition coefficient (Wildman–Crippen LogP) is 5.87. The summed E-state index contributed by atoms with van der Waals surface area (Å²) in [5.41, 5.74) is 17.4. The Bertz CT molecular complexity index is 2250. The first-order chi connectivity index (χ1) is 27.5. The van der Waals surface area contributed by atoms with Crippen molar-refractivity contribution in [2.75, 3.05) is 13.6 Å². The highest BCUT2D eigenvalue weighted by molar-refractivity contribution is 7.99. The van der Waals surface area contributed by atoms with Gasteiger partial charge in [-0.1, -0.05) is 54.0 Å². The number of nitrogens with one attached hydrogen (secondary N) is 3. The third kappa shape index (κ3) is 10.5. The molecule has 0 aliphatic carbocycles. The van der Waals surface area contributed by atoms with Crippen molar-refractivity contribution in [3.63, 3.8) is 0 Å². The molecule has 0 bridgehead atoms. The maximum atomic E-state index is 14.6. The number of H-pyrrole nitrogens is 1. The van der Waals surface area contributed by atoms with E-state index in [2.05, 4.69) is 20.6 Å². The second-order valence-electron chi connectivity index (χ2n) is 14.5. The van der Waals surface area contributed by atoms with E-state index in [1.165, 1.54) is 16.7 Å². The molecule has 14 heteroatoms. The zero-order valence-corrected chi connectivity index (χ0v) is 33.8. The van der Waals surface area contributed by atoms with Crippen LogP contribution >= 0.6 is 23.4 Å². The number of Topliss-reactive ketones (excluding diaryl/α,β-unsaturated/α-hetero) is 1. The summed E-state index contributed by atoms with van der Waals surface area (Å²) in [6.45, 7) is 2.73. The van der Waals surface area contributed by atoms with Gasteiger partial charge in [-0.05, 0) is 96.9 Å². The fraction of sp³-hybridized carbons (Fsp3) is 0.349. The maximum Gasteiger partial charge on any atom is 0.243 e. The van der Waals surface area contributed by atoms with E-state index in [1.54, 1.807) is 19.4 Å². The van der Waals surface area contributed by atoms with Crippen LogP contribution in [0.4, 0.5) is 0 Å². The van der Waals surface area contributed by atoms with Crippen molar-refractivity contribution in [3.05, 3.63) is 107 Å². The molecule has 3 atom stereocenters. The van der Waals surface area contributed by atoms with Crippen LogP contribution in [-0.2, 0) is 38.7 Å². The zero-order valence-electron chi connectivity index (χ0n) is 32.2. The molecular weight excluding hydrogens is 760 g/mol. The van der Waals surface area contributed by atoms with Crippen LogP contribution in [0.25, 0.3) is 22.0 Å². The molecule has 0 spiro atoms. The number of halogens is 1. The van der Waals surface area contributed by atoms with Gasteiger partial charge in [-0.2, -0.15) is 0 Å². The van der Waals surface area contributed by atoms with Crippen LogP contribution in [0.2, 0.25) is 5.02 Å². The van der Waals surface area contributed by atoms with Gasteiger partial charge in [-0.3, -0.25) is 24.2 Å². The number of likely N-dealkylation sites (N-methyl/N-ethyl adjacent to an activating group) is 1. The predicted molar refractivity (Wildman–Crippen MR) is 223 cm³/mol. The number of primary amides is 1. The number of pyridine rings is 2. The number of fused-ring (bicyclic) bond motifs is 3. The molecule has 0 fully saturated rings. The van der Waals surface area contributed by atoms with Crippen LogP contribution in [0.3, 0.4) is 0 Å². The van der Waals surface area contributed by atoms with Crippen LogP contribution in [0.15, 0.2) is 89.2 Å². The number of benzene rings is 2. The van der Waals surface area contributed by atoms with Gasteiger partial charge in [0.15, 0.2) is 5.78 Å². The molecule has 3 aromatic heterocycles. The monoisotopic (exact) mass is 808 g/mol. The number of para-hydroxylation sites is 1. The molecule has 4 heterocycles. The molecule has 0 saturated heterocycles. The second kappa shape index (κ2) is 19.4. The summed E-state index contributed by atoms with van der Waals surface area (Å²) >= 11 is 8.49. The number of nitrogens with two attached hydrogens (primary N) is 2. The average molecular weight is 809 g/mol. The molecule has 6 rings (SSSR count). The number of unbranched alkanes of at least 4 members (excludes halogenated alkanes) is 1. The Hall–Kier alpha value is -5.08. The van der Waals surface area contributed by atoms with E-state index >= 15 is 0 Å². The maximum absolute atomic E-state index is 14.6. The van der Waals surface area contributed by atoms with Gasteiger partial charge < -0.3 is 32.0 Å². The van der Waals surface area contributed by atoms with E-state index < -0.39 is 23.9 Å². The average Bonchev–Trinajstić information content (AvgIpc) is 3.61. The number of ketones is 1. The number of aromatic nitrogens is 3. The fourth-order valence-electron chi connectivity index (χ4n) is 7.32. The first-order valence-corrected chi connectivity index (χ1v) is 20.4. The first kappa shape index (κ1) is 41.6. The topological polar surface area (TPSA) is 189 Å². The minimum absolute atomic E-state index is 0.0150. The Morgan fingerprint density at radius 2 is 1.79 bits per heavy atom. The van der Waals surface area contributed by atoms with Crippen LogP contribution in [0, 0.1) is 12.8 Å². The molecule has 7 N–H and O–H groups in total. The molecule has 298 valence electrons. The van der Waals surface area contributed by atoms with E-state index in [0.29, 0.717) is 40.8 Å². The third-order valence-corrected chi connectivity index (χ3v) is 12.1. The lowest BCUT2D eigenvalue weighted by atomic mass is 9.90. The molecule has 5 aromatic rings. The number of carbonyl (C=O) groups excluding carboxylic acids is 4. The Labute approximate surface area is 341 Å². The molecule has 0 unspecified atom stereocenters. The number of carbonyl (C=O) groups is 4. The van der Waals surface area contributed by atoms with E-state index in [1.807, 2.05) is 73.8 Å². The number of hydrogen-bond donors (Lipinski definition) is 5. The Morgan fingerprint density at radius 1 is 0.965 bits per heavy atom. The summed E-state index contributed by atoms with van der Waals surface area (Å²) in [4.78, 5) is 69.9. The minimum atomic E-state index is -0.928. The van der Waals surface area contributed by atoms with Gasteiger partial charge in [-0.15, -0.1) is 0 Å². The molecule has 0 radical (unpaired) electrons. The fourth-order valence-corrected chi connectivity index (χ4v) is 8.67. The SMILES string of the molecule is Cc1cc(-c2cc(Cl)c3c(c2)CNC(=O)[C@H](Cc2c[nH]c4ccccc24)N(C)C(=O)[C@H](CCCCN)CC(=O)[C@H](CCC(N)=O)NCc2cccnc2S3)ccn1. The summed E-state index contributed by atoms with van der Waals surface area (Å²) in [6.07, 6.45) is 7.30. The van der Waals surface area contributed by atoms with Gasteiger partial charge in [0, 0.05) is 85.4 Å². The molecule has 57 heavy (non-hydrogen) atoms. The second-order valence-corrected chi connectivity index (χ2v) is 15.9. The number of aromatic amines is 1. The lowest BCUT2D eigenvalue weighted by molar-refractivity contribution is -0.143.